The summed E-state index contributed by atoms with van der Waals surface area (Å²) in [4.78, 5) is 5.45. The lowest BCUT2D eigenvalue weighted by Crippen LogP contribution is -2.43. The highest BCUT2D eigenvalue weighted by atomic mass is 15.5. The van der Waals surface area contributed by atoms with Crippen LogP contribution in [0.1, 0.15) is 52.0 Å². The molecule has 1 aromatic carbocycles. The molecule has 2 heterocycles. The first-order valence-corrected chi connectivity index (χ1v) is 9.31. The Bertz CT molecular complexity index is 612. The van der Waals surface area contributed by atoms with Crippen molar-refractivity contribution in [2.24, 2.45) is 11.3 Å². The van der Waals surface area contributed by atoms with E-state index < -0.39 is 0 Å². The van der Waals surface area contributed by atoms with Gasteiger partial charge in [0.05, 0.1) is 6.04 Å². The number of nitrogens with zero attached hydrogens (tertiary/aromatic N) is 2. The Morgan fingerprint density at radius 3 is 2.48 bits per heavy atom. The van der Waals surface area contributed by atoms with Crippen LogP contribution in [0.5, 0.6) is 0 Å². The highest BCUT2D eigenvalue weighted by molar-refractivity contribution is 5.57. The lowest BCUT2D eigenvalue weighted by molar-refractivity contribution is 0.174. The van der Waals surface area contributed by atoms with Gasteiger partial charge in [-0.25, -0.2) is 0 Å². The maximum atomic E-state index is 2.75. The number of hydrogen-bond donors (Lipinski definition) is 0. The fourth-order valence-electron chi connectivity index (χ4n) is 5.45. The van der Waals surface area contributed by atoms with Crippen molar-refractivity contribution in [3.63, 3.8) is 0 Å². The Balaban J connectivity index is 1.79. The van der Waals surface area contributed by atoms with E-state index in [9.17, 15) is 0 Å². The number of anilines is 1. The average molecular weight is 310 g/mol. The van der Waals surface area contributed by atoms with Gasteiger partial charge in [0.1, 0.15) is 6.17 Å². The van der Waals surface area contributed by atoms with Crippen LogP contribution in [-0.2, 0) is 0 Å². The third-order valence-electron chi connectivity index (χ3n) is 6.46. The van der Waals surface area contributed by atoms with Gasteiger partial charge in [-0.1, -0.05) is 51.0 Å². The summed E-state index contributed by atoms with van der Waals surface area (Å²) < 4.78 is 0. The molecule has 0 spiro atoms. The molecule has 0 amide bonds. The Morgan fingerprint density at radius 1 is 1.09 bits per heavy atom. The van der Waals surface area contributed by atoms with Crippen LogP contribution in [0.2, 0.25) is 0 Å². The number of aryl methyl sites for hydroxylation is 1. The molecule has 3 aliphatic rings. The molecule has 2 fully saturated rings. The summed E-state index contributed by atoms with van der Waals surface area (Å²) in [6, 6.07) is 10.1. The molecule has 1 aliphatic carbocycles. The first-order chi connectivity index (χ1) is 11.0. The van der Waals surface area contributed by atoms with E-state index in [0.717, 1.165) is 5.92 Å². The van der Waals surface area contributed by atoms with Gasteiger partial charge in [-0.2, -0.15) is 0 Å². The number of para-hydroxylation sites is 1. The summed E-state index contributed by atoms with van der Waals surface area (Å²) in [6.45, 7) is 9.50. The van der Waals surface area contributed by atoms with Gasteiger partial charge >= 0.3 is 0 Å². The largest absolute Gasteiger partial charge is 0.352 e. The normalized spacial score (nSPS) is 32.8. The molecule has 2 heteroatoms. The number of fused-ring (bicyclic) bond motifs is 1. The fraction of sp³-hybridized carbons (Fsp3) is 0.619. The van der Waals surface area contributed by atoms with Gasteiger partial charge in [0.25, 0.3) is 0 Å². The van der Waals surface area contributed by atoms with Crippen molar-refractivity contribution in [2.45, 2.75) is 71.6 Å². The van der Waals surface area contributed by atoms with Gasteiger partial charge in [-0.15, -0.1) is 0 Å². The molecule has 124 valence electrons. The standard InChI is InChI=1S/C21H30N2/c1-15-9-5-8-12-18(15)23-16(2)19-21(3,4)13-14-22(19)20(23)17-10-6-7-11-17/h5,8-9,12-14,16-17,19-20H,6-7,10-11H2,1-4H3/t16-,19?,20?/m0/s1. The second-order valence-electron chi connectivity index (χ2n) is 8.42. The average Bonchev–Trinajstić information content (AvgIpc) is 3.18. The fourth-order valence-corrected chi connectivity index (χ4v) is 5.45. The van der Waals surface area contributed by atoms with Crippen molar-refractivity contribution in [2.75, 3.05) is 4.90 Å². The van der Waals surface area contributed by atoms with E-state index >= 15 is 0 Å². The minimum atomic E-state index is 0.258. The van der Waals surface area contributed by atoms with Crippen LogP contribution in [0.3, 0.4) is 0 Å². The molecule has 1 saturated heterocycles. The van der Waals surface area contributed by atoms with Crippen molar-refractivity contribution in [1.29, 1.82) is 0 Å². The zero-order valence-corrected chi connectivity index (χ0v) is 15.0. The number of benzene rings is 1. The van der Waals surface area contributed by atoms with Crippen molar-refractivity contribution in [3.05, 3.63) is 42.1 Å². The molecule has 2 nitrogen and oxygen atoms in total. The molecular formula is C21H30N2. The van der Waals surface area contributed by atoms with Crippen LogP contribution in [0.15, 0.2) is 36.5 Å². The molecule has 0 aromatic heterocycles. The number of hydrogen-bond acceptors (Lipinski definition) is 2. The van der Waals surface area contributed by atoms with E-state index in [4.69, 9.17) is 0 Å². The van der Waals surface area contributed by atoms with Gasteiger partial charge < -0.3 is 9.80 Å². The van der Waals surface area contributed by atoms with E-state index in [2.05, 4.69) is 74.0 Å². The lowest BCUT2D eigenvalue weighted by atomic mass is 9.83. The summed E-state index contributed by atoms with van der Waals surface area (Å²) >= 11 is 0. The first kappa shape index (κ1) is 15.1. The monoisotopic (exact) mass is 310 g/mol. The molecule has 0 radical (unpaired) electrons. The summed E-state index contributed by atoms with van der Waals surface area (Å²) in [5, 5.41) is 0. The second-order valence-corrected chi connectivity index (χ2v) is 8.42. The topological polar surface area (TPSA) is 6.48 Å². The zero-order chi connectivity index (χ0) is 16.2. The summed E-state index contributed by atoms with van der Waals surface area (Å²) in [5.41, 5.74) is 3.11. The van der Waals surface area contributed by atoms with E-state index in [1.807, 2.05) is 0 Å². The van der Waals surface area contributed by atoms with Gasteiger partial charge in [-0.05, 0) is 50.4 Å². The second kappa shape index (κ2) is 5.29. The van der Waals surface area contributed by atoms with Crippen LogP contribution >= 0.6 is 0 Å². The van der Waals surface area contributed by atoms with Crippen LogP contribution in [0.4, 0.5) is 5.69 Å². The minimum absolute atomic E-state index is 0.258. The van der Waals surface area contributed by atoms with Crippen molar-refractivity contribution >= 4 is 5.69 Å². The molecule has 0 N–H and O–H groups in total. The molecule has 3 atom stereocenters. The van der Waals surface area contributed by atoms with Crippen molar-refractivity contribution < 1.29 is 0 Å². The predicted octanol–water partition coefficient (Wildman–Crippen LogP) is 4.94. The van der Waals surface area contributed by atoms with Gasteiger partial charge in [-0.3, -0.25) is 0 Å². The lowest BCUT2D eigenvalue weighted by Gasteiger charge is -2.37. The molecule has 2 aliphatic heterocycles. The summed E-state index contributed by atoms with van der Waals surface area (Å²) in [7, 11) is 0. The third kappa shape index (κ3) is 2.21. The van der Waals surface area contributed by atoms with Crippen LogP contribution in [-0.4, -0.2) is 23.1 Å². The first-order valence-electron chi connectivity index (χ1n) is 9.31. The maximum Gasteiger partial charge on any atom is 0.105 e. The van der Waals surface area contributed by atoms with Crippen LogP contribution in [0, 0.1) is 18.3 Å². The van der Waals surface area contributed by atoms with Gasteiger partial charge in [0, 0.05) is 17.1 Å². The van der Waals surface area contributed by atoms with Crippen molar-refractivity contribution in [3.8, 4) is 0 Å². The Morgan fingerprint density at radius 2 is 1.78 bits per heavy atom. The van der Waals surface area contributed by atoms with E-state index in [-0.39, 0.29) is 5.41 Å². The van der Waals surface area contributed by atoms with Crippen LogP contribution < -0.4 is 4.90 Å². The van der Waals surface area contributed by atoms with Crippen molar-refractivity contribution in [1.82, 2.24) is 4.90 Å². The summed E-state index contributed by atoms with van der Waals surface area (Å²) in [6.07, 6.45) is 11.0. The highest BCUT2D eigenvalue weighted by Gasteiger charge is 2.54. The predicted molar refractivity (Wildman–Crippen MR) is 97.4 cm³/mol. The highest BCUT2D eigenvalue weighted by Crippen LogP contribution is 2.49. The molecule has 1 aromatic rings. The quantitative estimate of drug-likeness (QED) is 0.763. The van der Waals surface area contributed by atoms with Gasteiger partial charge in [0.15, 0.2) is 0 Å². The zero-order valence-electron chi connectivity index (χ0n) is 15.0. The van der Waals surface area contributed by atoms with E-state index in [1.165, 1.54) is 36.9 Å². The molecular weight excluding hydrogens is 280 g/mol. The van der Waals surface area contributed by atoms with Crippen LogP contribution in [0.25, 0.3) is 0 Å². The Kier molecular flexibility index (Phi) is 3.48. The molecule has 1 saturated carbocycles. The van der Waals surface area contributed by atoms with E-state index in [0.29, 0.717) is 18.2 Å². The Hall–Kier alpha value is -1.44. The Labute approximate surface area is 141 Å². The van der Waals surface area contributed by atoms with E-state index in [1.54, 1.807) is 0 Å². The third-order valence-corrected chi connectivity index (χ3v) is 6.46. The summed E-state index contributed by atoms with van der Waals surface area (Å²) in [5.74, 6) is 0.806. The smallest absolute Gasteiger partial charge is 0.105 e. The molecule has 23 heavy (non-hydrogen) atoms. The molecule has 4 rings (SSSR count). The molecule has 2 unspecified atom stereocenters. The maximum absolute atomic E-state index is 2.75. The molecule has 0 bridgehead atoms. The SMILES string of the molecule is Cc1ccccc1N1C(C2CCCC2)N2C=CC(C)(C)C2[C@@H]1C. The number of rotatable bonds is 2. The van der Waals surface area contributed by atoms with Gasteiger partial charge in [0.2, 0.25) is 0 Å². The minimum Gasteiger partial charge on any atom is -0.352 e.